The van der Waals surface area contributed by atoms with Crippen molar-refractivity contribution in [3.05, 3.63) is 34.1 Å². The number of rotatable bonds is 2. The van der Waals surface area contributed by atoms with E-state index in [1.807, 2.05) is 0 Å². The zero-order valence-electron chi connectivity index (χ0n) is 6.67. The number of carbonyl (C=O) groups excluding carboxylic acids is 1. The van der Waals surface area contributed by atoms with Crippen LogP contribution in [0.4, 0.5) is 4.79 Å². The van der Waals surface area contributed by atoms with Gasteiger partial charge in [-0.3, -0.25) is 10.1 Å². The number of nitrogens with zero attached hydrogens (tertiary/aromatic N) is 1. The molecule has 0 radical (unpaired) electrons. The molecule has 0 aromatic heterocycles. The third-order valence-electron chi connectivity index (χ3n) is 1.53. The summed E-state index contributed by atoms with van der Waals surface area (Å²) in [6.07, 6.45) is 3.47. The van der Waals surface area contributed by atoms with Crippen LogP contribution in [0.25, 0.3) is 0 Å². The summed E-state index contributed by atoms with van der Waals surface area (Å²) in [4.78, 5) is 20.1. The molecule has 1 aliphatic rings. The van der Waals surface area contributed by atoms with E-state index in [9.17, 15) is 14.9 Å². The predicted molar refractivity (Wildman–Crippen MR) is 43.3 cm³/mol. The van der Waals surface area contributed by atoms with Gasteiger partial charge in [0.1, 0.15) is 5.76 Å². The second-order valence-corrected chi connectivity index (χ2v) is 2.48. The lowest BCUT2D eigenvalue weighted by Gasteiger charge is -2.08. The number of allylic oxidation sites excluding steroid dienone is 1. The summed E-state index contributed by atoms with van der Waals surface area (Å²) in [5, 5.41) is 10.3. The topological polar surface area (TPSA) is 95.5 Å². The first kappa shape index (κ1) is 9.24. The normalized spacial score (nSPS) is 20.6. The maximum atomic E-state index is 10.3. The summed E-state index contributed by atoms with van der Waals surface area (Å²) in [6.45, 7) is 0. The molecule has 0 saturated heterocycles. The maximum absolute atomic E-state index is 10.3. The second-order valence-electron chi connectivity index (χ2n) is 2.48. The average Bonchev–Trinajstić information content (AvgIpc) is 2.04. The van der Waals surface area contributed by atoms with Gasteiger partial charge in [0.25, 0.3) is 0 Å². The van der Waals surface area contributed by atoms with E-state index in [0.717, 1.165) is 0 Å². The van der Waals surface area contributed by atoms with Crippen LogP contribution in [0.3, 0.4) is 0 Å². The fourth-order valence-corrected chi connectivity index (χ4v) is 0.938. The molecule has 2 N–H and O–H groups in total. The monoisotopic (exact) mass is 184 g/mol. The summed E-state index contributed by atoms with van der Waals surface area (Å²) < 4.78 is 4.51. The fraction of sp³-hybridized carbons (Fsp3) is 0.286. The lowest BCUT2D eigenvalue weighted by Crippen LogP contribution is -2.19. The highest BCUT2D eigenvalue weighted by Crippen LogP contribution is 2.13. The Labute approximate surface area is 73.8 Å². The number of nitro groups is 1. The molecular weight excluding hydrogens is 176 g/mol. The second kappa shape index (κ2) is 3.70. The van der Waals surface area contributed by atoms with Gasteiger partial charge in [-0.15, -0.1) is 0 Å². The number of hydrogen-bond acceptors (Lipinski definition) is 4. The van der Waals surface area contributed by atoms with Crippen LogP contribution in [-0.4, -0.2) is 17.1 Å². The van der Waals surface area contributed by atoms with E-state index >= 15 is 0 Å². The Morgan fingerprint density at radius 2 is 2.46 bits per heavy atom. The van der Waals surface area contributed by atoms with Crippen molar-refractivity contribution < 1.29 is 14.5 Å². The molecule has 0 spiro atoms. The molecule has 0 bridgehead atoms. The van der Waals surface area contributed by atoms with Gasteiger partial charge < -0.3 is 10.5 Å². The van der Waals surface area contributed by atoms with Gasteiger partial charge in [-0.25, -0.2) is 4.79 Å². The molecule has 1 aliphatic carbocycles. The van der Waals surface area contributed by atoms with Gasteiger partial charge in [0.05, 0.1) is 0 Å². The van der Waals surface area contributed by atoms with E-state index < -0.39 is 17.1 Å². The van der Waals surface area contributed by atoms with Gasteiger partial charge in [-0.1, -0.05) is 0 Å². The van der Waals surface area contributed by atoms with E-state index in [2.05, 4.69) is 4.74 Å². The van der Waals surface area contributed by atoms with Crippen molar-refractivity contribution >= 4 is 6.09 Å². The summed E-state index contributed by atoms with van der Waals surface area (Å²) in [5.41, 5.74) is 4.75. The van der Waals surface area contributed by atoms with Crippen LogP contribution in [0.2, 0.25) is 0 Å². The van der Waals surface area contributed by atoms with Crippen molar-refractivity contribution in [2.45, 2.75) is 12.5 Å². The molecule has 0 fully saturated rings. The van der Waals surface area contributed by atoms with Gasteiger partial charge in [0, 0.05) is 11.3 Å². The highest BCUT2D eigenvalue weighted by molar-refractivity contribution is 5.66. The standard InChI is InChI=1S/C7H8N2O4/c8-7(10)13-6-3-1-5(2-4-6)9(11)12/h1,3-5H,2H2,(H2,8,10). The average molecular weight is 184 g/mol. The van der Waals surface area contributed by atoms with Crippen molar-refractivity contribution in [3.63, 3.8) is 0 Å². The summed E-state index contributed by atoms with van der Waals surface area (Å²) in [7, 11) is 0. The summed E-state index contributed by atoms with van der Waals surface area (Å²) >= 11 is 0. The van der Waals surface area contributed by atoms with E-state index in [1.54, 1.807) is 0 Å². The Balaban J connectivity index is 2.55. The first-order valence-electron chi connectivity index (χ1n) is 3.58. The molecule has 0 aromatic rings. The molecule has 1 amide bonds. The van der Waals surface area contributed by atoms with Crippen molar-refractivity contribution in [3.8, 4) is 0 Å². The highest BCUT2D eigenvalue weighted by atomic mass is 16.6. The minimum absolute atomic E-state index is 0.214. The minimum Gasteiger partial charge on any atom is -0.411 e. The maximum Gasteiger partial charge on any atom is 0.409 e. The van der Waals surface area contributed by atoms with Crippen molar-refractivity contribution in [2.75, 3.05) is 0 Å². The van der Waals surface area contributed by atoms with Crippen LogP contribution in [0, 0.1) is 10.1 Å². The molecule has 1 unspecified atom stereocenters. The molecule has 1 rings (SSSR count). The van der Waals surface area contributed by atoms with Gasteiger partial charge in [-0.2, -0.15) is 0 Å². The van der Waals surface area contributed by atoms with Crippen LogP contribution in [-0.2, 0) is 4.74 Å². The molecule has 6 nitrogen and oxygen atoms in total. The van der Waals surface area contributed by atoms with E-state index in [0.29, 0.717) is 0 Å². The van der Waals surface area contributed by atoms with E-state index in [-0.39, 0.29) is 12.2 Å². The van der Waals surface area contributed by atoms with Crippen LogP contribution >= 0.6 is 0 Å². The third kappa shape index (κ3) is 2.58. The highest BCUT2D eigenvalue weighted by Gasteiger charge is 2.18. The SMILES string of the molecule is NC(=O)OC1=CCC([N+](=O)[O-])C=C1. The Morgan fingerprint density at radius 1 is 1.77 bits per heavy atom. The number of primary amides is 1. The minimum atomic E-state index is -0.921. The van der Waals surface area contributed by atoms with E-state index in [1.165, 1.54) is 18.2 Å². The van der Waals surface area contributed by atoms with Crippen LogP contribution in [0.5, 0.6) is 0 Å². The summed E-state index contributed by atoms with van der Waals surface area (Å²) in [6, 6.07) is -0.736. The Hall–Kier alpha value is -1.85. The molecule has 0 heterocycles. The molecule has 13 heavy (non-hydrogen) atoms. The Bertz CT molecular complexity index is 295. The lowest BCUT2D eigenvalue weighted by atomic mass is 10.1. The lowest BCUT2D eigenvalue weighted by molar-refractivity contribution is -0.508. The largest absolute Gasteiger partial charge is 0.411 e. The summed E-state index contributed by atoms with van der Waals surface area (Å²) in [5.74, 6) is 0.255. The number of nitrogens with two attached hydrogens (primary N) is 1. The van der Waals surface area contributed by atoms with Gasteiger partial charge in [-0.05, 0) is 18.2 Å². The fourth-order valence-electron chi connectivity index (χ4n) is 0.938. The molecular formula is C7H8N2O4. The number of carbonyl (C=O) groups is 1. The smallest absolute Gasteiger partial charge is 0.409 e. The van der Waals surface area contributed by atoms with Crippen LogP contribution in [0.15, 0.2) is 24.0 Å². The quantitative estimate of drug-likeness (QED) is 0.501. The van der Waals surface area contributed by atoms with Crippen LogP contribution < -0.4 is 5.73 Å². The van der Waals surface area contributed by atoms with Crippen molar-refractivity contribution in [1.82, 2.24) is 0 Å². The molecule has 0 aliphatic heterocycles. The number of hydrogen-bond donors (Lipinski definition) is 1. The number of ether oxygens (including phenoxy) is 1. The molecule has 0 aromatic carbocycles. The molecule has 0 saturated carbocycles. The Morgan fingerprint density at radius 3 is 2.85 bits per heavy atom. The van der Waals surface area contributed by atoms with Gasteiger partial charge >= 0.3 is 6.09 Å². The first-order chi connectivity index (χ1) is 6.09. The number of amides is 1. The molecule has 70 valence electrons. The van der Waals surface area contributed by atoms with Crippen LogP contribution in [0.1, 0.15) is 6.42 Å². The predicted octanol–water partition coefficient (Wildman–Crippen LogP) is 0.571. The zero-order valence-corrected chi connectivity index (χ0v) is 6.67. The molecule has 6 heteroatoms. The third-order valence-corrected chi connectivity index (χ3v) is 1.53. The Kier molecular flexibility index (Phi) is 2.63. The van der Waals surface area contributed by atoms with E-state index in [4.69, 9.17) is 5.73 Å². The van der Waals surface area contributed by atoms with Crippen molar-refractivity contribution in [1.29, 1.82) is 0 Å². The van der Waals surface area contributed by atoms with Gasteiger partial charge in [0.15, 0.2) is 0 Å². The zero-order chi connectivity index (χ0) is 9.84. The van der Waals surface area contributed by atoms with Gasteiger partial charge in [0.2, 0.25) is 6.04 Å². The molecule has 1 atom stereocenters. The van der Waals surface area contributed by atoms with Crippen molar-refractivity contribution in [2.24, 2.45) is 5.73 Å². The first-order valence-corrected chi connectivity index (χ1v) is 3.58.